The van der Waals surface area contributed by atoms with E-state index in [4.69, 9.17) is 0 Å². The van der Waals surface area contributed by atoms with E-state index in [9.17, 15) is 0 Å². The molecule has 1 saturated heterocycles. The molecule has 2 rings (SSSR count). The standard InChI is InChI=1S/C13H25N/c1-10(2)11-5-3-6-12(9-11)13-7-4-8-14-13/h10-14H,3-9H2,1-2H3. The lowest BCUT2D eigenvalue weighted by molar-refractivity contribution is 0.185. The zero-order valence-electron chi connectivity index (χ0n) is 9.76. The maximum atomic E-state index is 3.69. The molecule has 1 N–H and O–H groups in total. The van der Waals surface area contributed by atoms with Gasteiger partial charge in [-0.05, 0) is 50.0 Å². The van der Waals surface area contributed by atoms with Gasteiger partial charge in [0.25, 0.3) is 0 Å². The molecule has 0 aromatic heterocycles. The van der Waals surface area contributed by atoms with Crippen molar-refractivity contribution in [3.8, 4) is 0 Å². The molecule has 1 heterocycles. The number of nitrogens with one attached hydrogen (secondary N) is 1. The molecule has 1 nitrogen and oxygen atoms in total. The van der Waals surface area contributed by atoms with Gasteiger partial charge in [-0.15, -0.1) is 0 Å². The van der Waals surface area contributed by atoms with Crippen molar-refractivity contribution in [1.29, 1.82) is 0 Å². The van der Waals surface area contributed by atoms with Crippen LogP contribution < -0.4 is 5.32 Å². The molecule has 0 amide bonds. The van der Waals surface area contributed by atoms with Crippen molar-refractivity contribution in [2.24, 2.45) is 17.8 Å². The van der Waals surface area contributed by atoms with Gasteiger partial charge in [-0.1, -0.05) is 26.7 Å². The van der Waals surface area contributed by atoms with Crippen LogP contribution in [0.25, 0.3) is 0 Å². The maximum absolute atomic E-state index is 3.69. The Hall–Kier alpha value is -0.0400. The fourth-order valence-corrected chi connectivity index (χ4v) is 3.35. The van der Waals surface area contributed by atoms with Crippen molar-refractivity contribution in [3.63, 3.8) is 0 Å². The average molecular weight is 195 g/mol. The second-order valence-electron chi connectivity index (χ2n) is 5.63. The van der Waals surface area contributed by atoms with E-state index in [0.717, 1.165) is 23.8 Å². The number of hydrogen-bond donors (Lipinski definition) is 1. The largest absolute Gasteiger partial charge is 0.314 e. The van der Waals surface area contributed by atoms with Gasteiger partial charge in [0.1, 0.15) is 0 Å². The van der Waals surface area contributed by atoms with E-state index >= 15 is 0 Å². The monoisotopic (exact) mass is 195 g/mol. The van der Waals surface area contributed by atoms with E-state index in [1.807, 2.05) is 0 Å². The van der Waals surface area contributed by atoms with Crippen molar-refractivity contribution >= 4 is 0 Å². The lowest BCUT2D eigenvalue weighted by Gasteiger charge is -2.34. The van der Waals surface area contributed by atoms with Crippen LogP contribution in [0.1, 0.15) is 52.4 Å². The summed E-state index contributed by atoms with van der Waals surface area (Å²) in [6.45, 7) is 6.07. The first-order valence-corrected chi connectivity index (χ1v) is 6.50. The van der Waals surface area contributed by atoms with Crippen molar-refractivity contribution < 1.29 is 0 Å². The van der Waals surface area contributed by atoms with E-state index in [-0.39, 0.29) is 0 Å². The molecule has 2 fully saturated rings. The number of rotatable bonds is 2. The van der Waals surface area contributed by atoms with Crippen LogP contribution in [0.3, 0.4) is 0 Å². The lowest BCUT2D eigenvalue weighted by atomic mass is 9.73. The first kappa shape index (κ1) is 10.5. The highest BCUT2D eigenvalue weighted by Crippen LogP contribution is 2.36. The Morgan fingerprint density at radius 1 is 1.07 bits per heavy atom. The van der Waals surface area contributed by atoms with Gasteiger partial charge in [-0.3, -0.25) is 0 Å². The minimum Gasteiger partial charge on any atom is -0.314 e. The second kappa shape index (κ2) is 4.65. The highest BCUT2D eigenvalue weighted by atomic mass is 14.9. The van der Waals surface area contributed by atoms with Crippen molar-refractivity contribution in [3.05, 3.63) is 0 Å². The summed E-state index contributed by atoms with van der Waals surface area (Å²) in [5.41, 5.74) is 0. The predicted molar refractivity (Wildman–Crippen MR) is 61.3 cm³/mol. The summed E-state index contributed by atoms with van der Waals surface area (Å²) in [4.78, 5) is 0. The highest BCUT2D eigenvalue weighted by Gasteiger charge is 2.30. The first-order valence-electron chi connectivity index (χ1n) is 6.50. The third-order valence-corrected chi connectivity index (χ3v) is 4.37. The summed E-state index contributed by atoms with van der Waals surface area (Å²) in [6.07, 6.45) is 8.80. The van der Waals surface area contributed by atoms with E-state index in [1.165, 1.54) is 45.1 Å². The summed E-state index contributed by atoms with van der Waals surface area (Å²) < 4.78 is 0. The quantitative estimate of drug-likeness (QED) is 0.713. The molecule has 3 atom stereocenters. The minimum absolute atomic E-state index is 0.872. The molecule has 1 saturated carbocycles. The Kier molecular flexibility index (Phi) is 3.48. The van der Waals surface area contributed by atoms with Crippen LogP contribution >= 0.6 is 0 Å². The van der Waals surface area contributed by atoms with Crippen LogP contribution in [0.4, 0.5) is 0 Å². The molecule has 14 heavy (non-hydrogen) atoms. The van der Waals surface area contributed by atoms with Crippen LogP contribution in [-0.2, 0) is 0 Å². The van der Waals surface area contributed by atoms with Crippen LogP contribution in [0.5, 0.6) is 0 Å². The fraction of sp³-hybridized carbons (Fsp3) is 1.00. The highest BCUT2D eigenvalue weighted by molar-refractivity contribution is 4.86. The summed E-state index contributed by atoms with van der Waals surface area (Å²) in [5, 5.41) is 3.69. The molecule has 1 heteroatoms. The second-order valence-corrected chi connectivity index (χ2v) is 5.63. The molecule has 2 aliphatic rings. The zero-order valence-corrected chi connectivity index (χ0v) is 9.76. The van der Waals surface area contributed by atoms with Crippen molar-refractivity contribution in [1.82, 2.24) is 5.32 Å². The summed E-state index contributed by atoms with van der Waals surface area (Å²) in [5.74, 6) is 2.91. The zero-order chi connectivity index (χ0) is 9.97. The summed E-state index contributed by atoms with van der Waals surface area (Å²) in [6, 6.07) is 0.872. The van der Waals surface area contributed by atoms with Gasteiger partial charge in [0.05, 0.1) is 0 Å². The molecule has 0 spiro atoms. The van der Waals surface area contributed by atoms with Gasteiger partial charge in [-0.2, -0.15) is 0 Å². The van der Waals surface area contributed by atoms with Gasteiger partial charge in [-0.25, -0.2) is 0 Å². The smallest absolute Gasteiger partial charge is 0.00959 e. The Balaban J connectivity index is 1.86. The third-order valence-electron chi connectivity index (χ3n) is 4.37. The lowest BCUT2D eigenvalue weighted by Crippen LogP contribution is -2.34. The molecule has 0 aromatic rings. The van der Waals surface area contributed by atoms with E-state index in [0.29, 0.717) is 0 Å². The minimum atomic E-state index is 0.872. The molecule has 1 aliphatic carbocycles. The molecule has 0 aromatic carbocycles. The van der Waals surface area contributed by atoms with Crippen LogP contribution in [-0.4, -0.2) is 12.6 Å². The van der Waals surface area contributed by atoms with Crippen LogP contribution in [0, 0.1) is 17.8 Å². The van der Waals surface area contributed by atoms with E-state index < -0.39 is 0 Å². The van der Waals surface area contributed by atoms with Crippen LogP contribution in [0.15, 0.2) is 0 Å². The van der Waals surface area contributed by atoms with Crippen molar-refractivity contribution in [2.75, 3.05) is 6.54 Å². The molecule has 0 radical (unpaired) electrons. The van der Waals surface area contributed by atoms with Gasteiger partial charge in [0.15, 0.2) is 0 Å². The molecule has 0 bridgehead atoms. The Morgan fingerprint density at radius 2 is 1.93 bits per heavy atom. The Morgan fingerprint density at radius 3 is 2.57 bits per heavy atom. The van der Waals surface area contributed by atoms with Gasteiger partial charge in [0.2, 0.25) is 0 Å². The molecular formula is C13H25N. The topological polar surface area (TPSA) is 12.0 Å². The number of hydrogen-bond acceptors (Lipinski definition) is 1. The van der Waals surface area contributed by atoms with E-state index in [1.54, 1.807) is 0 Å². The Labute approximate surface area is 88.7 Å². The van der Waals surface area contributed by atoms with Gasteiger partial charge < -0.3 is 5.32 Å². The predicted octanol–water partition coefficient (Wildman–Crippen LogP) is 3.20. The average Bonchev–Trinajstić information content (AvgIpc) is 2.71. The van der Waals surface area contributed by atoms with Gasteiger partial charge in [0, 0.05) is 6.04 Å². The molecule has 3 unspecified atom stereocenters. The molecule has 82 valence electrons. The SMILES string of the molecule is CC(C)C1CCCC(C2CCCN2)C1. The maximum Gasteiger partial charge on any atom is 0.00959 e. The molecular weight excluding hydrogens is 170 g/mol. The van der Waals surface area contributed by atoms with Gasteiger partial charge >= 0.3 is 0 Å². The van der Waals surface area contributed by atoms with Crippen LogP contribution in [0.2, 0.25) is 0 Å². The fourth-order valence-electron chi connectivity index (χ4n) is 3.35. The Bertz CT molecular complexity index is 170. The first-order chi connectivity index (χ1) is 6.77. The van der Waals surface area contributed by atoms with Crippen molar-refractivity contribution in [2.45, 2.75) is 58.4 Å². The normalized spacial score (nSPS) is 39.2. The summed E-state index contributed by atoms with van der Waals surface area (Å²) in [7, 11) is 0. The van der Waals surface area contributed by atoms with E-state index in [2.05, 4.69) is 19.2 Å². The summed E-state index contributed by atoms with van der Waals surface area (Å²) >= 11 is 0. The molecule has 1 aliphatic heterocycles. The third kappa shape index (κ3) is 2.31.